The van der Waals surface area contributed by atoms with Gasteiger partial charge in [0, 0.05) is 21.1 Å². The third-order valence-corrected chi connectivity index (χ3v) is 2.65. The lowest BCUT2D eigenvalue weighted by atomic mass is 10.1. The fourth-order valence-corrected chi connectivity index (χ4v) is 1.52. The minimum Gasteiger partial charge on any atom is -0.478 e. The van der Waals surface area contributed by atoms with Crippen LogP contribution in [0.2, 0.25) is 0 Å². The molecule has 0 saturated carbocycles. The van der Waals surface area contributed by atoms with Crippen molar-refractivity contribution in [3.63, 3.8) is 0 Å². The highest BCUT2D eigenvalue weighted by atomic mass is 16.4. The van der Waals surface area contributed by atoms with Crippen molar-refractivity contribution >= 4 is 17.6 Å². The monoisotopic (exact) mass is 261 g/mol. The van der Waals surface area contributed by atoms with E-state index >= 15 is 0 Å². The molecule has 1 N–H and O–H groups in total. The van der Waals surface area contributed by atoms with Crippen molar-refractivity contribution in [1.82, 2.24) is 4.90 Å². The van der Waals surface area contributed by atoms with E-state index in [1.807, 2.05) is 6.07 Å². The molecule has 1 aromatic carbocycles. The SMILES string of the molecule is CN(C)C(=O)CN(C)c1ccc(C(=O)O)cc1C#N. The second-order valence-corrected chi connectivity index (χ2v) is 4.29. The van der Waals surface area contributed by atoms with Crippen LogP contribution in [0.5, 0.6) is 0 Å². The van der Waals surface area contributed by atoms with Gasteiger partial charge in [0.2, 0.25) is 5.91 Å². The van der Waals surface area contributed by atoms with Crippen LogP contribution in [0.15, 0.2) is 18.2 Å². The first kappa shape index (κ1) is 14.5. The second kappa shape index (κ2) is 5.87. The van der Waals surface area contributed by atoms with E-state index in [0.717, 1.165) is 0 Å². The number of benzene rings is 1. The average Bonchev–Trinajstić information content (AvgIpc) is 2.37. The maximum absolute atomic E-state index is 11.6. The number of carboxylic acids is 1. The minimum absolute atomic E-state index is 0.0487. The second-order valence-electron chi connectivity index (χ2n) is 4.29. The molecule has 0 spiro atoms. The largest absolute Gasteiger partial charge is 0.478 e. The van der Waals surface area contributed by atoms with Crippen LogP contribution >= 0.6 is 0 Å². The number of amides is 1. The van der Waals surface area contributed by atoms with Crippen LogP contribution in [-0.4, -0.2) is 49.6 Å². The van der Waals surface area contributed by atoms with Gasteiger partial charge in [-0.25, -0.2) is 4.79 Å². The van der Waals surface area contributed by atoms with Gasteiger partial charge in [-0.15, -0.1) is 0 Å². The Morgan fingerprint density at radius 1 is 1.32 bits per heavy atom. The first-order valence-electron chi connectivity index (χ1n) is 5.55. The number of hydrogen-bond acceptors (Lipinski definition) is 4. The first-order valence-corrected chi connectivity index (χ1v) is 5.55. The molecule has 0 saturated heterocycles. The highest BCUT2D eigenvalue weighted by Crippen LogP contribution is 2.20. The third-order valence-electron chi connectivity index (χ3n) is 2.65. The van der Waals surface area contributed by atoms with Gasteiger partial charge in [-0.1, -0.05) is 0 Å². The summed E-state index contributed by atoms with van der Waals surface area (Å²) in [5, 5.41) is 17.9. The van der Waals surface area contributed by atoms with Crippen LogP contribution in [0, 0.1) is 11.3 Å². The van der Waals surface area contributed by atoms with E-state index in [1.54, 1.807) is 26.0 Å². The van der Waals surface area contributed by atoms with Crippen molar-refractivity contribution in [2.24, 2.45) is 0 Å². The average molecular weight is 261 g/mol. The molecule has 0 aliphatic heterocycles. The lowest BCUT2D eigenvalue weighted by molar-refractivity contribution is -0.127. The third kappa shape index (κ3) is 3.45. The number of carbonyl (C=O) groups excluding carboxylic acids is 1. The molecule has 6 heteroatoms. The Labute approximate surface area is 111 Å². The summed E-state index contributed by atoms with van der Waals surface area (Å²) in [6.07, 6.45) is 0. The summed E-state index contributed by atoms with van der Waals surface area (Å²) in [4.78, 5) is 25.5. The predicted molar refractivity (Wildman–Crippen MR) is 70.1 cm³/mol. The fourth-order valence-electron chi connectivity index (χ4n) is 1.52. The number of likely N-dealkylation sites (N-methyl/N-ethyl adjacent to an activating group) is 2. The number of carbonyl (C=O) groups is 2. The fraction of sp³-hybridized carbons (Fsp3) is 0.308. The number of hydrogen-bond donors (Lipinski definition) is 1. The number of carboxylic acid groups (broad SMARTS) is 1. The molecular formula is C13H15N3O3. The Morgan fingerprint density at radius 2 is 1.95 bits per heavy atom. The topological polar surface area (TPSA) is 84.6 Å². The molecule has 0 bridgehead atoms. The molecule has 0 unspecified atom stereocenters. The summed E-state index contributed by atoms with van der Waals surface area (Å²) in [7, 11) is 4.97. The van der Waals surface area contributed by atoms with Gasteiger partial charge < -0.3 is 14.9 Å². The molecule has 100 valence electrons. The summed E-state index contributed by atoms with van der Waals surface area (Å²) in [6.45, 7) is 0.119. The predicted octanol–water partition coefficient (Wildman–Crippen LogP) is 0.781. The Morgan fingerprint density at radius 3 is 2.42 bits per heavy atom. The number of aromatic carboxylic acids is 1. The highest BCUT2D eigenvalue weighted by molar-refractivity contribution is 5.89. The van der Waals surface area contributed by atoms with Crippen molar-refractivity contribution in [1.29, 1.82) is 5.26 Å². The molecule has 0 atom stereocenters. The van der Waals surface area contributed by atoms with Gasteiger partial charge >= 0.3 is 5.97 Å². The molecule has 0 aliphatic carbocycles. The zero-order chi connectivity index (χ0) is 14.6. The van der Waals surface area contributed by atoms with E-state index in [2.05, 4.69) is 0 Å². The molecule has 6 nitrogen and oxygen atoms in total. The zero-order valence-corrected chi connectivity index (χ0v) is 11.0. The van der Waals surface area contributed by atoms with Gasteiger partial charge in [0.05, 0.1) is 23.4 Å². The summed E-state index contributed by atoms with van der Waals surface area (Å²) >= 11 is 0. The van der Waals surface area contributed by atoms with E-state index in [-0.39, 0.29) is 23.6 Å². The maximum Gasteiger partial charge on any atom is 0.335 e. The van der Waals surface area contributed by atoms with Gasteiger partial charge in [0.25, 0.3) is 0 Å². The molecule has 1 rings (SSSR count). The number of nitriles is 1. The maximum atomic E-state index is 11.6. The number of rotatable bonds is 4. The van der Waals surface area contributed by atoms with E-state index in [0.29, 0.717) is 5.69 Å². The van der Waals surface area contributed by atoms with Gasteiger partial charge in [0.1, 0.15) is 6.07 Å². The molecule has 19 heavy (non-hydrogen) atoms. The van der Waals surface area contributed by atoms with Crippen LogP contribution in [-0.2, 0) is 4.79 Å². The summed E-state index contributed by atoms with van der Waals surface area (Å²) < 4.78 is 0. The van der Waals surface area contributed by atoms with Crippen molar-refractivity contribution < 1.29 is 14.7 Å². The summed E-state index contributed by atoms with van der Waals surface area (Å²) in [5.41, 5.74) is 0.810. The van der Waals surface area contributed by atoms with Crippen LogP contribution in [0.4, 0.5) is 5.69 Å². The summed E-state index contributed by atoms with van der Waals surface area (Å²) in [5.74, 6) is -1.19. The molecular weight excluding hydrogens is 246 g/mol. The normalized spacial score (nSPS) is 9.58. The molecule has 0 fully saturated rings. The Hall–Kier alpha value is -2.55. The number of nitrogens with zero attached hydrogens (tertiary/aromatic N) is 3. The quantitative estimate of drug-likeness (QED) is 0.865. The van der Waals surface area contributed by atoms with Crippen LogP contribution < -0.4 is 4.90 Å². The molecule has 1 amide bonds. The van der Waals surface area contributed by atoms with Gasteiger partial charge in [-0.2, -0.15) is 5.26 Å². The van der Waals surface area contributed by atoms with Gasteiger partial charge in [0.15, 0.2) is 0 Å². The van der Waals surface area contributed by atoms with E-state index in [1.165, 1.54) is 23.1 Å². The van der Waals surface area contributed by atoms with Crippen molar-refractivity contribution in [3.8, 4) is 6.07 Å². The van der Waals surface area contributed by atoms with Crippen molar-refractivity contribution in [3.05, 3.63) is 29.3 Å². The standard InChI is InChI=1S/C13H15N3O3/c1-15(2)12(17)8-16(3)11-5-4-9(13(18)19)6-10(11)7-14/h4-6H,8H2,1-3H3,(H,18,19). The molecule has 1 aromatic rings. The van der Waals surface area contributed by atoms with Crippen LogP contribution in [0.25, 0.3) is 0 Å². The molecule has 0 radical (unpaired) electrons. The Kier molecular flexibility index (Phi) is 4.48. The molecule has 0 heterocycles. The zero-order valence-electron chi connectivity index (χ0n) is 11.0. The summed E-state index contributed by atoms with van der Waals surface area (Å²) in [6, 6.07) is 6.19. The lowest BCUT2D eigenvalue weighted by Crippen LogP contribution is -2.34. The van der Waals surface area contributed by atoms with Crippen molar-refractivity contribution in [2.75, 3.05) is 32.6 Å². The highest BCUT2D eigenvalue weighted by Gasteiger charge is 2.14. The Bertz CT molecular complexity index is 547. The van der Waals surface area contributed by atoms with Gasteiger partial charge in [-0.05, 0) is 18.2 Å². The minimum atomic E-state index is -1.09. The number of anilines is 1. The molecule has 0 aromatic heterocycles. The molecule has 0 aliphatic rings. The smallest absolute Gasteiger partial charge is 0.335 e. The Balaban J connectivity index is 3.04. The van der Waals surface area contributed by atoms with E-state index < -0.39 is 5.97 Å². The van der Waals surface area contributed by atoms with E-state index in [9.17, 15) is 9.59 Å². The van der Waals surface area contributed by atoms with Crippen LogP contribution in [0.1, 0.15) is 15.9 Å². The van der Waals surface area contributed by atoms with Gasteiger partial charge in [-0.3, -0.25) is 4.79 Å². The lowest BCUT2D eigenvalue weighted by Gasteiger charge is -2.22. The van der Waals surface area contributed by atoms with Crippen LogP contribution in [0.3, 0.4) is 0 Å². The first-order chi connectivity index (χ1) is 8.86. The van der Waals surface area contributed by atoms with E-state index in [4.69, 9.17) is 10.4 Å². The van der Waals surface area contributed by atoms with Crippen molar-refractivity contribution in [2.45, 2.75) is 0 Å².